The van der Waals surface area contributed by atoms with Crippen molar-refractivity contribution < 1.29 is 4.74 Å². The van der Waals surface area contributed by atoms with Crippen LogP contribution in [0.4, 0.5) is 11.4 Å². The van der Waals surface area contributed by atoms with E-state index in [0.29, 0.717) is 13.0 Å². The Kier molecular flexibility index (Phi) is 2.82. The van der Waals surface area contributed by atoms with Crippen molar-refractivity contribution in [2.75, 3.05) is 17.7 Å². The Bertz CT molecular complexity index is 719. The molecule has 19 heavy (non-hydrogen) atoms. The van der Waals surface area contributed by atoms with Gasteiger partial charge in [-0.15, -0.1) is 0 Å². The van der Waals surface area contributed by atoms with Crippen LogP contribution in [0, 0.1) is 0 Å². The fourth-order valence-electron chi connectivity index (χ4n) is 2.24. The lowest BCUT2D eigenvalue weighted by Gasteiger charge is -2.28. The van der Waals surface area contributed by atoms with Crippen molar-refractivity contribution in [2.45, 2.75) is 12.5 Å². The van der Waals surface area contributed by atoms with Gasteiger partial charge >= 0.3 is 0 Å². The molecule has 0 spiro atoms. The van der Waals surface area contributed by atoms with Gasteiger partial charge in [0.05, 0.1) is 12.6 Å². The molecule has 3 N–H and O–H groups in total. The van der Waals surface area contributed by atoms with Crippen molar-refractivity contribution >= 4 is 27.3 Å². The molecule has 0 aliphatic carbocycles. The number of fused-ring (bicyclic) bond motifs is 1. The highest BCUT2D eigenvalue weighted by molar-refractivity contribution is 9.10. The molecule has 0 bridgehead atoms. The average Bonchev–Trinajstić information content (AvgIpc) is 2.43. The van der Waals surface area contributed by atoms with E-state index < -0.39 is 10.9 Å². The van der Waals surface area contributed by atoms with E-state index in [1.807, 2.05) is 18.2 Å². The van der Waals surface area contributed by atoms with Crippen LogP contribution in [0.2, 0.25) is 0 Å². The number of hydrogen-bond donors (Lipinski definition) is 2. The second-order valence-corrected chi connectivity index (χ2v) is 5.38. The lowest BCUT2D eigenvalue weighted by molar-refractivity contribution is 0.274. The number of nitrogens with two attached hydrogens (primary N) is 1. The lowest BCUT2D eigenvalue weighted by Crippen LogP contribution is -2.38. The first-order chi connectivity index (χ1) is 9.08. The number of nitrogens with one attached hydrogen (secondary N) is 1. The lowest BCUT2D eigenvalue weighted by atomic mass is 9.99. The van der Waals surface area contributed by atoms with Gasteiger partial charge in [0.1, 0.15) is 17.1 Å². The molecular formula is C13H11BrN2O3. The predicted octanol–water partition coefficient (Wildman–Crippen LogP) is 1.56. The minimum Gasteiger partial charge on any atom is -0.493 e. The third kappa shape index (κ3) is 1.92. The summed E-state index contributed by atoms with van der Waals surface area (Å²) >= 11 is 3.41. The summed E-state index contributed by atoms with van der Waals surface area (Å²) in [4.78, 5) is 22.5. The van der Waals surface area contributed by atoms with Crippen LogP contribution < -0.4 is 26.6 Å². The van der Waals surface area contributed by atoms with Gasteiger partial charge in [-0.1, -0.05) is 15.9 Å². The first-order valence-corrected chi connectivity index (χ1v) is 6.65. The standard InChI is InChI=1S/C13H11BrN2O3/c14-6-1-2-9-7(5-6)8(3-4-19-9)16-11-10(15)12(17)13(11)18/h1-2,5,8,16H,3-4,15H2/t8-/m0/s1. The SMILES string of the molecule is Nc1c(N[C@H]2CCOc3ccc(Br)cc32)c(=O)c1=O. The maximum Gasteiger partial charge on any atom is 0.253 e. The molecule has 2 aromatic carbocycles. The molecule has 1 atom stereocenters. The van der Waals surface area contributed by atoms with E-state index in [-0.39, 0.29) is 17.4 Å². The molecule has 3 rings (SSSR count). The Morgan fingerprint density at radius 3 is 2.84 bits per heavy atom. The average molecular weight is 323 g/mol. The predicted molar refractivity (Wildman–Crippen MR) is 76.4 cm³/mol. The van der Waals surface area contributed by atoms with Crippen LogP contribution in [-0.2, 0) is 0 Å². The topological polar surface area (TPSA) is 81.4 Å². The normalized spacial score (nSPS) is 17.8. The molecule has 5 nitrogen and oxygen atoms in total. The van der Waals surface area contributed by atoms with Crippen molar-refractivity contribution in [1.29, 1.82) is 0 Å². The minimum absolute atomic E-state index is 0.0213. The zero-order valence-electron chi connectivity index (χ0n) is 9.90. The van der Waals surface area contributed by atoms with Crippen molar-refractivity contribution in [1.82, 2.24) is 0 Å². The van der Waals surface area contributed by atoms with Crippen LogP contribution in [0.3, 0.4) is 0 Å². The van der Waals surface area contributed by atoms with Crippen molar-refractivity contribution in [2.24, 2.45) is 0 Å². The highest BCUT2D eigenvalue weighted by atomic mass is 79.9. The Morgan fingerprint density at radius 2 is 2.11 bits per heavy atom. The number of benzene rings is 1. The molecule has 98 valence electrons. The Hall–Kier alpha value is -1.82. The fourth-order valence-corrected chi connectivity index (χ4v) is 2.62. The molecular weight excluding hydrogens is 312 g/mol. The summed E-state index contributed by atoms with van der Waals surface area (Å²) in [6.45, 7) is 0.557. The maximum absolute atomic E-state index is 11.4. The summed E-state index contributed by atoms with van der Waals surface area (Å²) in [6, 6.07) is 5.63. The number of hydrogen-bond acceptors (Lipinski definition) is 5. The van der Waals surface area contributed by atoms with Gasteiger partial charge in [-0.05, 0) is 18.2 Å². The number of nitrogen functional groups attached to an aromatic ring is 1. The molecule has 1 aliphatic heterocycles. The van der Waals surface area contributed by atoms with E-state index in [2.05, 4.69) is 21.2 Å². The maximum atomic E-state index is 11.4. The Morgan fingerprint density at radius 1 is 1.32 bits per heavy atom. The number of ether oxygens (including phenoxy) is 1. The van der Waals surface area contributed by atoms with Gasteiger partial charge in [0, 0.05) is 16.5 Å². The van der Waals surface area contributed by atoms with Crippen molar-refractivity contribution in [3.05, 3.63) is 48.7 Å². The summed E-state index contributed by atoms with van der Waals surface area (Å²) in [5, 5.41) is 3.05. The number of rotatable bonds is 2. The van der Waals surface area contributed by atoms with E-state index in [1.165, 1.54) is 0 Å². The second-order valence-electron chi connectivity index (χ2n) is 4.46. The highest BCUT2D eigenvalue weighted by Crippen LogP contribution is 2.36. The Balaban J connectivity index is 1.95. The van der Waals surface area contributed by atoms with Crippen molar-refractivity contribution in [3.63, 3.8) is 0 Å². The molecule has 0 amide bonds. The smallest absolute Gasteiger partial charge is 0.253 e. The molecule has 6 heteroatoms. The first-order valence-electron chi connectivity index (χ1n) is 5.85. The summed E-state index contributed by atoms with van der Waals surface area (Å²) < 4.78 is 6.49. The summed E-state index contributed by atoms with van der Waals surface area (Å²) in [5.41, 5.74) is 5.58. The largest absolute Gasteiger partial charge is 0.493 e. The van der Waals surface area contributed by atoms with Gasteiger partial charge in [-0.25, -0.2) is 0 Å². The summed E-state index contributed by atoms with van der Waals surface area (Å²) in [7, 11) is 0. The van der Waals surface area contributed by atoms with Gasteiger partial charge in [0.15, 0.2) is 0 Å². The van der Waals surface area contributed by atoms with E-state index in [9.17, 15) is 9.59 Å². The number of halogens is 1. The van der Waals surface area contributed by atoms with Crippen molar-refractivity contribution in [3.8, 4) is 5.75 Å². The van der Waals surface area contributed by atoms with E-state index in [0.717, 1.165) is 15.8 Å². The van der Waals surface area contributed by atoms with Gasteiger partial charge in [-0.3, -0.25) is 9.59 Å². The van der Waals surface area contributed by atoms with Crippen LogP contribution >= 0.6 is 15.9 Å². The molecule has 1 aliphatic rings. The van der Waals surface area contributed by atoms with Gasteiger partial charge in [-0.2, -0.15) is 0 Å². The zero-order chi connectivity index (χ0) is 13.6. The second kappa shape index (κ2) is 4.38. The minimum atomic E-state index is -0.607. The van der Waals surface area contributed by atoms with Crippen LogP contribution in [0.15, 0.2) is 32.3 Å². The molecule has 0 saturated carbocycles. The summed E-state index contributed by atoms with van der Waals surface area (Å²) in [5.74, 6) is 0.782. The van der Waals surface area contributed by atoms with Gasteiger partial charge < -0.3 is 15.8 Å². The molecule has 1 heterocycles. The van der Waals surface area contributed by atoms with Crippen LogP contribution in [0.1, 0.15) is 18.0 Å². The molecule has 0 saturated heterocycles. The van der Waals surface area contributed by atoms with Crippen LogP contribution in [0.5, 0.6) is 5.75 Å². The monoisotopic (exact) mass is 322 g/mol. The molecule has 2 aromatic rings. The van der Waals surface area contributed by atoms with Crippen LogP contribution in [0.25, 0.3) is 0 Å². The van der Waals surface area contributed by atoms with Gasteiger partial charge in [0.2, 0.25) is 0 Å². The summed E-state index contributed by atoms with van der Waals surface area (Å²) in [6.07, 6.45) is 0.710. The van der Waals surface area contributed by atoms with E-state index >= 15 is 0 Å². The molecule has 0 fully saturated rings. The van der Waals surface area contributed by atoms with E-state index in [1.54, 1.807) is 0 Å². The highest BCUT2D eigenvalue weighted by Gasteiger charge is 2.26. The van der Waals surface area contributed by atoms with Gasteiger partial charge in [0.25, 0.3) is 10.9 Å². The van der Waals surface area contributed by atoms with E-state index in [4.69, 9.17) is 10.5 Å². The third-order valence-corrected chi connectivity index (χ3v) is 3.77. The first kappa shape index (κ1) is 12.2. The molecule has 0 radical (unpaired) electrons. The third-order valence-electron chi connectivity index (χ3n) is 3.28. The number of anilines is 2. The zero-order valence-corrected chi connectivity index (χ0v) is 11.5. The Labute approximate surface area is 117 Å². The van der Waals surface area contributed by atoms with Crippen LogP contribution in [-0.4, -0.2) is 6.61 Å². The molecule has 0 aromatic heterocycles. The quantitative estimate of drug-likeness (QED) is 0.820. The fraction of sp³-hybridized carbons (Fsp3) is 0.231. The molecule has 0 unspecified atom stereocenters.